The summed E-state index contributed by atoms with van der Waals surface area (Å²) >= 11 is 0. The number of hydrogen-bond acceptors (Lipinski definition) is 3. The Labute approximate surface area is 119 Å². The Morgan fingerprint density at radius 3 is 2.55 bits per heavy atom. The molecule has 5 nitrogen and oxygen atoms in total. The standard InChI is InChI=1S/C15H22N2O3/c1-10-9-20-11(2)14(10)15(19)16-8-13(18)17-12-6-4-3-5-7-12/h9,12H,3-8H2,1-2H3,(H,16,19)(H,17,18). The smallest absolute Gasteiger partial charge is 0.255 e. The molecule has 20 heavy (non-hydrogen) atoms. The van der Waals surface area contributed by atoms with E-state index >= 15 is 0 Å². The van der Waals surface area contributed by atoms with E-state index in [1.54, 1.807) is 13.2 Å². The molecular weight excluding hydrogens is 256 g/mol. The number of carbonyl (C=O) groups excluding carboxylic acids is 2. The van der Waals surface area contributed by atoms with Gasteiger partial charge in [0.15, 0.2) is 0 Å². The van der Waals surface area contributed by atoms with Crippen LogP contribution in [0.5, 0.6) is 0 Å². The number of furan rings is 1. The Bertz CT molecular complexity index is 468. The predicted molar refractivity (Wildman–Crippen MR) is 75.5 cm³/mol. The molecule has 1 heterocycles. The SMILES string of the molecule is Cc1coc(C)c1C(=O)NCC(=O)NC1CCCCC1. The van der Waals surface area contributed by atoms with Crippen LogP contribution in [0.4, 0.5) is 0 Å². The molecule has 1 aliphatic carbocycles. The van der Waals surface area contributed by atoms with Crippen molar-refractivity contribution in [2.24, 2.45) is 0 Å². The number of rotatable bonds is 4. The van der Waals surface area contributed by atoms with Crippen LogP contribution in [0.3, 0.4) is 0 Å². The van der Waals surface area contributed by atoms with Crippen LogP contribution in [0.25, 0.3) is 0 Å². The Kier molecular flexibility index (Phi) is 4.82. The second-order valence-corrected chi connectivity index (χ2v) is 5.44. The first kappa shape index (κ1) is 14.6. The highest BCUT2D eigenvalue weighted by molar-refractivity contribution is 5.98. The molecule has 1 aromatic heterocycles. The molecule has 0 bridgehead atoms. The number of nitrogens with one attached hydrogen (secondary N) is 2. The monoisotopic (exact) mass is 278 g/mol. The van der Waals surface area contributed by atoms with Gasteiger partial charge in [-0.25, -0.2) is 0 Å². The topological polar surface area (TPSA) is 71.3 Å². The third-order valence-corrected chi connectivity index (χ3v) is 3.77. The van der Waals surface area contributed by atoms with Crippen molar-refractivity contribution in [2.75, 3.05) is 6.54 Å². The third kappa shape index (κ3) is 3.62. The van der Waals surface area contributed by atoms with E-state index in [2.05, 4.69) is 10.6 Å². The van der Waals surface area contributed by atoms with Crippen LogP contribution in [0.1, 0.15) is 53.8 Å². The number of amides is 2. The van der Waals surface area contributed by atoms with Gasteiger partial charge in [-0.05, 0) is 26.7 Å². The molecule has 5 heteroatoms. The Hall–Kier alpha value is -1.78. The third-order valence-electron chi connectivity index (χ3n) is 3.77. The first-order valence-corrected chi connectivity index (χ1v) is 7.20. The summed E-state index contributed by atoms with van der Waals surface area (Å²) in [6, 6.07) is 0.269. The summed E-state index contributed by atoms with van der Waals surface area (Å²) in [5.41, 5.74) is 1.31. The molecule has 1 saturated carbocycles. The number of carbonyl (C=O) groups is 2. The minimum absolute atomic E-state index is 0.0133. The van der Waals surface area contributed by atoms with Gasteiger partial charge in [0.1, 0.15) is 5.76 Å². The molecule has 1 aromatic rings. The molecule has 0 radical (unpaired) electrons. The molecule has 0 atom stereocenters. The van der Waals surface area contributed by atoms with E-state index < -0.39 is 0 Å². The lowest BCUT2D eigenvalue weighted by Gasteiger charge is -2.22. The van der Waals surface area contributed by atoms with Crippen LogP contribution in [0, 0.1) is 13.8 Å². The molecule has 0 saturated heterocycles. The minimum atomic E-state index is -0.257. The summed E-state index contributed by atoms with van der Waals surface area (Å²) in [5.74, 6) is 0.198. The van der Waals surface area contributed by atoms with Gasteiger partial charge in [-0.2, -0.15) is 0 Å². The minimum Gasteiger partial charge on any atom is -0.469 e. The van der Waals surface area contributed by atoms with E-state index in [9.17, 15) is 9.59 Å². The van der Waals surface area contributed by atoms with Gasteiger partial charge >= 0.3 is 0 Å². The van der Waals surface area contributed by atoms with Crippen molar-refractivity contribution in [1.29, 1.82) is 0 Å². The zero-order chi connectivity index (χ0) is 14.5. The lowest BCUT2D eigenvalue weighted by Crippen LogP contribution is -2.42. The highest BCUT2D eigenvalue weighted by Gasteiger charge is 2.18. The Morgan fingerprint density at radius 2 is 1.95 bits per heavy atom. The van der Waals surface area contributed by atoms with Crippen molar-refractivity contribution >= 4 is 11.8 Å². The van der Waals surface area contributed by atoms with Gasteiger partial charge in [0, 0.05) is 11.6 Å². The lowest BCUT2D eigenvalue weighted by molar-refractivity contribution is -0.121. The molecule has 0 spiro atoms. The highest BCUT2D eigenvalue weighted by Crippen LogP contribution is 2.17. The summed E-state index contributed by atoms with van der Waals surface area (Å²) in [6.07, 6.45) is 7.23. The van der Waals surface area contributed by atoms with E-state index in [0.29, 0.717) is 11.3 Å². The maximum atomic E-state index is 12.0. The Balaban J connectivity index is 1.79. The average Bonchev–Trinajstić information content (AvgIpc) is 2.77. The van der Waals surface area contributed by atoms with E-state index in [1.165, 1.54) is 19.3 Å². The maximum Gasteiger partial charge on any atom is 0.255 e. The largest absolute Gasteiger partial charge is 0.469 e. The van der Waals surface area contributed by atoms with E-state index in [4.69, 9.17) is 4.42 Å². The molecule has 1 aliphatic rings. The fourth-order valence-corrected chi connectivity index (χ4v) is 2.69. The molecule has 0 unspecified atom stereocenters. The molecule has 110 valence electrons. The van der Waals surface area contributed by atoms with Crippen molar-refractivity contribution in [3.63, 3.8) is 0 Å². The van der Waals surface area contributed by atoms with Crippen LogP contribution in [-0.2, 0) is 4.79 Å². The fraction of sp³-hybridized carbons (Fsp3) is 0.600. The van der Waals surface area contributed by atoms with Crippen LogP contribution >= 0.6 is 0 Å². The maximum absolute atomic E-state index is 12.0. The first-order valence-electron chi connectivity index (χ1n) is 7.20. The average molecular weight is 278 g/mol. The van der Waals surface area contributed by atoms with E-state index in [1.807, 2.05) is 6.92 Å². The van der Waals surface area contributed by atoms with Gasteiger partial charge in [0.05, 0.1) is 18.4 Å². The molecule has 1 fully saturated rings. The molecule has 2 amide bonds. The number of hydrogen-bond donors (Lipinski definition) is 2. The summed E-state index contributed by atoms with van der Waals surface area (Å²) in [6.45, 7) is 3.57. The molecule has 0 aliphatic heterocycles. The van der Waals surface area contributed by atoms with Gasteiger partial charge in [0.25, 0.3) is 5.91 Å². The van der Waals surface area contributed by atoms with Crippen molar-refractivity contribution in [3.05, 3.63) is 23.2 Å². The van der Waals surface area contributed by atoms with Crippen molar-refractivity contribution in [1.82, 2.24) is 10.6 Å². The van der Waals surface area contributed by atoms with E-state index in [-0.39, 0.29) is 24.4 Å². The second kappa shape index (κ2) is 6.59. The first-order chi connectivity index (χ1) is 9.58. The lowest BCUT2D eigenvalue weighted by atomic mass is 9.95. The van der Waals surface area contributed by atoms with Gasteiger partial charge in [-0.15, -0.1) is 0 Å². The quantitative estimate of drug-likeness (QED) is 0.885. The van der Waals surface area contributed by atoms with Gasteiger partial charge < -0.3 is 15.1 Å². The molecule has 2 N–H and O–H groups in total. The summed E-state index contributed by atoms with van der Waals surface area (Å²) in [5, 5.41) is 5.62. The summed E-state index contributed by atoms with van der Waals surface area (Å²) < 4.78 is 5.18. The van der Waals surface area contributed by atoms with Crippen LogP contribution < -0.4 is 10.6 Å². The summed E-state index contributed by atoms with van der Waals surface area (Å²) in [7, 11) is 0. The van der Waals surface area contributed by atoms with E-state index in [0.717, 1.165) is 18.4 Å². The second-order valence-electron chi connectivity index (χ2n) is 5.44. The van der Waals surface area contributed by atoms with Crippen LogP contribution in [0.15, 0.2) is 10.7 Å². The zero-order valence-electron chi connectivity index (χ0n) is 12.1. The van der Waals surface area contributed by atoms with Gasteiger partial charge in [-0.3, -0.25) is 9.59 Å². The Morgan fingerprint density at radius 1 is 1.25 bits per heavy atom. The normalized spacial score (nSPS) is 15.9. The summed E-state index contributed by atoms with van der Waals surface area (Å²) in [4.78, 5) is 23.8. The number of aryl methyl sites for hydroxylation is 2. The molecule has 2 rings (SSSR count). The van der Waals surface area contributed by atoms with Crippen molar-refractivity contribution < 1.29 is 14.0 Å². The van der Waals surface area contributed by atoms with Crippen molar-refractivity contribution in [3.8, 4) is 0 Å². The zero-order valence-corrected chi connectivity index (χ0v) is 12.1. The van der Waals surface area contributed by atoms with Gasteiger partial charge in [-0.1, -0.05) is 19.3 Å². The van der Waals surface area contributed by atoms with Crippen LogP contribution in [-0.4, -0.2) is 24.4 Å². The highest BCUT2D eigenvalue weighted by atomic mass is 16.3. The fourth-order valence-electron chi connectivity index (χ4n) is 2.69. The van der Waals surface area contributed by atoms with Gasteiger partial charge in [0.2, 0.25) is 5.91 Å². The predicted octanol–water partition coefficient (Wildman–Crippen LogP) is 2.08. The van der Waals surface area contributed by atoms with Crippen LogP contribution in [0.2, 0.25) is 0 Å². The van der Waals surface area contributed by atoms with Crippen molar-refractivity contribution in [2.45, 2.75) is 52.0 Å². The molecule has 0 aromatic carbocycles. The molecular formula is C15H22N2O3.